The van der Waals surface area contributed by atoms with E-state index in [1.54, 1.807) is 0 Å². The van der Waals surface area contributed by atoms with Crippen molar-refractivity contribution < 1.29 is 4.79 Å². The topological polar surface area (TPSA) is 17.1 Å². The molecule has 0 aliphatic heterocycles. The molecule has 1 aromatic rings. The summed E-state index contributed by atoms with van der Waals surface area (Å²) in [5.41, 5.74) is 0. The van der Waals surface area contributed by atoms with Crippen LogP contribution in [0.4, 0.5) is 0 Å². The van der Waals surface area contributed by atoms with Crippen LogP contribution in [0.15, 0.2) is 43.0 Å². The SMILES string of the molecule is C=CCCCC1([Se]c2ccccc2)CCCC1=O. The molecule has 0 bridgehead atoms. The van der Waals surface area contributed by atoms with Crippen LogP contribution in [0.3, 0.4) is 0 Å². The Bertz CT molecular complexity index is 412. The number of carbonyl (C=O) groups excluding carboxylic acids is 1. The first-order valence-corrected chi connectivity index (χ1v) is 8.36. The number of hydrogen-bond donors (Lipinski definition) is 0. The molecule has 2 rings (SSSR count). The Morgan fingerprint density at radius 3 is 2.72 bits per heavy atom. The molecule has 1 atom stereocenters. The van der Waals surface area contributed by atoms with Gasteiger partial charge in [0.2, 0.25) is 0 Å². The number of Topliss-reactive ketones (excluding diaryl/α,β-unsaturated/α-hetero) is 1. The Morgan fingerprint density at radius 2 is 2.11 bits per heavy atom. The van der Waals surface area contributed by atoms with Crippen LogP contribution in [0.1, 0.15) is 38.5 Å². The van der Waals surface area contributed by atoms with Crippen LogP contribution in [0, 0.1) is 0 Å². The Balaban J connectivity index is 2.10. The second-order valence-corrected chi connectivity index (χ2v) is 7.92. The fourth-order valence-corrected chi connectivity index (χ4v) is 5.62. The number of rotatable bonds is 6. The van der Waals surface area contributed by atoms with Crippen molar-refractivity contribution in [2.75, 3.05) is 0 Å². The van der Waals surface area contributed by atoms with Gasteiger partial charge >= 0.3 is 116 Å². The number of hydrogen-bond acceptors (Lipinski definition) is 1. The molecule has 18 heavy (non-hydrogen) atoms. The molecule has 0 N–H and O–H groups in total. The number of allylic oxidation sites excluding steroid dienone is 1. The van der Waals surface area contributed by atoms with Gasteiger partial charge in [-0.15, -0.1) is 0 Å². The number of ketones is 1. The van der Waals surface area contributed by atoms with Crippen LogP contribution >= 0.6 is 0 Å². The molecule has 1 aliphatic carbocycles. The Labute approximate surface area is 116 Å². The Kier molecular flexibility index (Phi) is 4.79. The molecule has 0 spiro atoms. The summed E-state index contributed by atoms with van der Waals surface area (Å²) in [6.45, 7) is 3.77. The van der Waals surface area contributed by atoms with Gasteiger partial charge in [0.15, 0.2) is 0 Å². The van der Waals surface area contributed by atoms with Gasteiger partial charge in [0.25, 0.3) is 0 Å². The van der Waals surface area contributed by atoms with E-state index in [0.29, 0.717) is 5.78 Å². The summed E-state index contributed by atoms with van der Waals surface area (Å²) in [7, 11) is 0. The van der Waals surface area contributed by atoms with Crippen LogP contribution in [0.25, 0.3) is 0 Å². The van der Waals surface area contributed by atoms with Crippen molar-refractivity contribution in [3.05, 3.63) is 43.0 Å². The second-order valence-electron chi connectivity index (χ2n) is 4.87. The third-order valence-corrected chi connectivity index (χ3v) is 6.76. The fraction of sp³-hybridized carbons (Fsp3) is 0.438. The zero-order valence-electron chi connectivity index (χ0n) is 10.7. The quantitative estimate of drug-likeness (QED) is 0.448. The third kappa shape index (κ3) is 3.13. The van der Waals surface area contributed by atoms with Gasteiger partial charge in [-0.2, -0.15) is 0 Å². The molecule has 2 heteroatoms. The summed E-state index contributed by atoms with van der Waals surface area (Å²) < 4.78 is 1.34. The van der Waals surface area contributed by atoms with E-state index < -0.39 is 0 Å². The monoisotopic (exact) mass is 308 g/mol. The van der Waals surface area contributed by atoms with E-state index in [2.05, 4.69) is 30.8 Å². The van der Waals surface area contributed by atoms with Crippen molar-refractivity contribution in [3.63, 3.8) is 0 Å². The van der Waals surface area contributed by atoms with Gasteiger partial charge in [0.05, 0.1) is 0 Å². The van der Waals surface area contributed by atoms with Crippen molar-refractivity contribution >= 4 is 25.2 Å². The average molecular weight is 307 g/mol. The number of unbranched alkanes of at least 4 members (excludes halogenated alkanes) is 1. The standard InChI is InChI=1S/C16H20OSe/c1-2-3-7-12-16(13-8-11-15(16)17)18-14-9-5-4-6-10-14/h2,4-6,9-10H,1,3,7-8,11-13H2. The van der Waals surface area contributed by atoms with Gasteiger partial charge in [0.1, 0.15) is 0 Å². The van der Waals surface area contributed by atoms with E-state index in [-0.39, 0.29) is 19.3 Å². The van der Waals surface area contributed by atoms with E-state index in [4.69, 9.17) is 0 Å². The molecule has 0 heterocycles. The van der Waals surface area contributed by atoms with Crippen molar-refractivity contribution in [2.45, 2.75) is 42.8 Å². The molecule has 1 aliphatic rings. The van der Waals surface area contributed by atoms with Gasteiger partial charge in [-0.3, -0.25) is 0 Å². The molecule has 1 nitrogen and oxygen atoms in total. The zero-order valence-corrected chi connectivity index (χ0v) is 12.4. The van der Waals surface area contributed by atoms with Crippen LogP contribution in [0.5, 0.6) is 0 Å². The van der Waals surface area contributed by atoms with E-state index in [0.717, 1.165) is 38.5 Å². The summed E-state index contributed by atoms with van der Waals surface area (Å²) in [4.78, 5) is 12.3. The van der Waals surface area contributed by atoms with Crippen LogP contribution in [0.2, 0.25) is 4.31 Å². The second kappa shape index (κ2) is 6.36. The predicted molar refractivity (Wildman–Crippen MR) is 77.4 cm³/mol. The van der Waals surface area contributed by atoms with Crippen molar-refractivity contribution in [1.29, 1.82) is 0 Å². The van der Waals surface area contributed by atoms with E-state index in [1.807, 2.05) is 12.1 Å². The Morgan fingerprint density at radius 1 is 1.33 bits per heavy atom. The third-order valence-electron chi connectivity index (χ3n) is 3.54. The molecular weight excluding hydrogens is 287 g/mol. The van der Waals surface area contributed by atoms with Crippen molar-refractivity contribution in [2.24, 2.45) is 0 Å². The summed E-state index contributed by atoms with van der Waals surface area (Å²) >= 11 is 0.281. The van der Waals surface area contributed by atoms with E-state index in [1.165, 1.54) is 4.46 Å². The predicted octanol–water partition coefficient (Wildman–Crippen LogP) is 3.28. The molecule has 1 saturated carbocycles. The van der Waals surface area contributed by atoms with E-state index >= 15 is 0 Å². The molecule has 0 aromatic heterocycles. The van der Waals surface area contributed by atoms with Gasteiger partial charge in [-0.05, 0) is 0 Å². The first-order valence-electron chi connectivity index (χ1n) is 6.65. The van der Waals surface area contributed by atoms with Crippen LogP contribution in [-0.2, 0) is 4.79 Å². The molecule has 1 fully saturated rings. The van der Waals surface area contributed by atoms with Gasteiger partial charge in [-0.1, -0.05) is 0 Å². The number of carbonyl (C=O) groups is 1. The van der Waals surface area contributed by atoms with E-state index in [9.17, 15) is 4.79 Å². The molecule has 0 saturated heterocycles. The maximum atomic E-state index is 12.3. The summed E-state index contributed by atoms with van der Waals surface area (Å²) in [6.07, 6.45) is 8.11. The summed E-state index contributed by atoms with van der Waals surface area (Å²) in [5, 5.41) is 0. The normalized spacial score (nSPS) is 23.2. The van der Waals surface area contributed by atoms with Crippen molar-refractivity contribution in [1.82, 2.24) is 0 Å². The average Bonchev–Trinajstić information content (AvgIpc) is 2.73. The maximum absolute atomic E-state index is 12.3. The van der Waals surface area contributed by atoms with Gasteiger partial charge in [-0.25, -0.2) is 0 Å². The molecule has 96 valence electrons. The van der Waals surface area contributed by atoms with Crippen LogP contribution < -0.4 is 4.46 Å². The first kappa shape index (κ1) is 13.6. The van der Waals surface area contributed by atoms with Crippen LogP contribution in [-0.4, -0.2) is 20.7 Å². The zero-order chi connectivity index (χ0) is 12.8. The fourth-order valence-electron chi connectivity index (χ4n) is 2.57. The molecule has 0 radical (unpaired) electrons. The minimum atomic E-state index is -0.0165. The molecule has 1 unspecified atom stereocenters. The van der Waals surface area contributed by atoms with Crippen molar-refractivity contribution in [3.8, 4) is 0 Å². The first-order chi connectivity index (χ1) is 8.77. The molecule has 0 amide bonds. The molecule has 1 aromatic carbocycles. The minimum absolute atomic E-state index is 0.0165. The Hall–Kier alpha value is -0.851. The number of benzene rings is 1. The summed E-state index contributed by atoms with van der Waals surface area (Å²) in [6, 6.07) is 10.5. The van der Waals surface area contributed by atoms with Gasteiger partial charge < -0.3 is 0 Å². The summed E-state index contributed by atoms with van der Waals surface area (Å²) in [5.74, 6) is 0.510. The molecular formula is C16H20OSe. The van der Waals surface area contributed by atoms with Gasteiger partial charge in [0, 0.05) is 0 Å².